The van der Waals surface area contributed by atoms with Gasteiger partial charge in [-0.15, -0.1) is 0 Å². The Balaban J connectivity index is 2.60. The molecule has 200 valence electrons. The van der Waals surface area contributed by atoms with Crippen molar-refractivity contribution in [1.82, 2.24) is 0 Å². The van der Waals surface area contributed by atoms with Gasteiger partial charge < -0.3 is 0 Å². The molecule has 0 aliphatic heterocycles. The molecule has 1 nitrogen and oxygen atoms in total. The van der Waals surface area contributed by atoms with E-state index >= 15 is 0 Å². The van der Waals surface area contributed by atoms with Gasteiger partial charge in [-0.3, -0.25) is 4.79 Å². The number of carbonyl (C=O) groups is 1. The molecule has 2 heteroatoms. The highest BCUT2D eigenvalue weighted by molar-refractivity contribution is 7.99. The Morgan fingerprint density at radius 3 is 2.00 bits per heavy atom. The second-order valence-electron chi connectivity index (χ2n) is 11.3. The Bertz CT molecular complexity index is 499. The SMILES string of the molecule is CCCCCCCCC=CCCCC1CCCCCCCCCCC1C(C)C(CC(C)=O)SC. The van der Waals surface area contributed by atoms with Crippen LogP contribution in [0.2, 0.25) is 0 Å². The first kappa shape index (κ1) is 31.8. The molecule has 0 saturated heterocycles. The summed E-state index contributed by atoms with van der Waals surface area (Å²) in [6, 6.07) is 0. The molecule has 1 aliphatic rings. The summed E-state index contributed by atoms with van der Waals surface area (Å²) in [4.78, 5) is 12.0. The Labute approximate surface area is 219 Å². The molecule has 0 bridgehead atoms. The fraction of sp³-hybridized carbons (Fsp3) is 0.906. The predicted molar refractivity (Wildman–Crippen MR) is 156 cm³/mol. The molecule has 0 N–H and O–H groups in total. The van der Waals surface area contributed by atoms with Crippen LogP contribution in [0.3, 0.4) is 0 Å². The zero-order valence-electron chi connectivity index (χ0n) is 23.6. The van der Waals surface area contributed by atoms with Crippen LogP contribution in [0.1, 0.15) is 156 Å². The van der Waals surface area contributed by atoms with E-state index in [1.54, 1.807) is 6.92 Å². The minimum Gasteiger partial charge on any atom is -0.300 e. The van der Waals surface area contributed by atoms with Gasteiger partial charge >= 0.3 is 0 Å². The average Bonchev–Trinajstić information content (AvgIpc) is 2.81. The number of hydrogen-bond donors (Lipinski definition) is 0. The number of thioether (sulfide) groups is 1. The van der Waals surface area contributed by atoms with E-state index in [-0.39, 0.29) is 0 Å². The maximum absolute atomic E-state index is 12.0. The van der Waals surface area contributed by atoms with Crippen LogP contribution in [0.4, 0.5) is 0 Å². The van der Waals surface area contributed by atoms with E-state index in [0.29, 0.717) is 17.0 Å². The highest BCUT2D eigenvalue weighted by atomic mass is 32.2. The summed E-state index contributed by atoms with van der Waals surface area (Å²) in [5.74, 6) is 2.66. The minimum absolute atomic E-state index is 0.367. The van der Waals surface area contributed by atoms with Crippen LogP contribution < -0.4 is 0 Å². The summed E-state index contributed by atoms with van der Waals surface area (Å²) in [6.07, 6.45) is 35.7. The number of rotatable bonds is 16. The fourth-order valence-electron chi connectivity index (χ4n) is 6.17. The van der Waals surface area contributed by atoms with Gasteiger partial charge in [-0.2, -0.15) is 11.8 Å². The van der Waals surface area contributed by atoms with Gasteiger partial charge in [-0.25, -0.2) is 0 Å². The van der Waals surface area contributed by atoms with Gasteiger partial charge in [0.05, 0.1) is 0 Å². The predicted octanol–water partition coefficient (Wildman–Crippen LogP) is 11.0. The number of ketones is 1. The first-order valence-electron chi connectivity index (χ1n) is 15.3. The van der Waals surface area contributed by atoms with Gasteiger partial charge in [0.15, 0.2) is 0 Å². The molecular weight excluding hydrogens is 432 g/mol. The van der Waals surface area contributed by atoms with E-state index in [9.17, 15) is 4.79 Å². The molecule has 0 amide bonds. The minimum atomic E-state index is 0.367. The second-order valence-corrected chi connectivity index (χ2v) is 12.4. The lowest BCUT2D eigenvalue weighted by Gasteiger charge is -2.36. The lowest BCUT2D eigenvalue weighted by molar-refractivity contribution is -0.117. The van der Waals surface area contributed by atoms with Crippen molar-refractivity contribution in [1.29, 1.82) is 0 Å². The summed E-state index contributed by atoms with van der Waals surface area (Å²) in [5.41, 5.74) is 0. The maximum Gasteiger partial charge on any atom is 0.130 e. The maximum atomic E-state index is 12.0. The molecule has 0 aromatic rings. The largest absolute Gasteiger partial charge is 0.300 e. The van der Waals surface area contributed by atoms with Gasteiger partial charge in [0, 0.05) is 11.7 Å². The van der Waals surface area contributed by atoms with Gasteiger partial charge in [0.1, 0.15) is 5.78 Å². The Hall–Kier alpha value is -0.240. The Morgan fingerprint density at radius 1 is 0.824 bits per heavy atom. The third-order valence-electron chi connectivity index (χ3n) is 8.36. The van der Waals surface area contributed by atoms with Crippen molar-refractivity contribution in [3.05, 3.63) is 12.2 Å². The van der Waals surface area contributed by atoms with Gasteiger partial charge in [0.25, 0.3) is 0 Å². The fourth-order valence-corrected chi connectivity index (χ4v) is 7.20. The highest BCUT2D eigenvalue weighted by Gasteiger charge is 2.31. The summed E-state index contributed by atoms with van der Waals surface area (Å²) >= 11 is 1.94. The first-order valence-corrected chi connectivity index (χ1v) is 16.6. The molecule has 4 unspecified atom stereocenters. The molecule has 0 heterocycles. The van der Waals surface area contributed by atoms with Gasteiger partial charge in [-0.1, -0.05) is 116 Å². The number of unbranched alkanes of at least 4 members (excludes halogenated alkanes) is 7. The van der Waals surface area contributed by atoms with E-state index in [2.05, 4.69) is 32.3 Å². The van der Waals surface area contributed by atoms with E-state index in [1.807, 2.05) is 11.8 Å². The highest BCUT2D eigenvalue weighted by Crippen LogP contribution is 2.39. The summed E-state index contributed by atoms with van der Waals surface area (Å²) in [7, 11) is 0. The molecule has 1 rings (SSSR count). The molecular formula is C32H60OS. The van der Waals surface area contributed by atoms with E-state index in [0.717, 1.165) is 18.3 Å². The van der Waals surface area contributed by atoms with Crippen molar-refractivity contribution in [2.75, 3.05) is 6.26 Å². The zero-order valence-corrected chi connectivity index (χ0v) is 24.4. The third-order valence-corrected chi connectivity index (χ3v) is 9.56. The van der Waals surface area contributed by atoms with Crippen LogP contribution in [0.15, 0.2) is 12.2 Å². The quantitative estimate of drug-likeness (QED) is 0.157. The number of allylic oxidation sites excluding steroid dienone is 2. The van der Waals surface area contributed by atoms with Crippen molar-refractivity contribution >= 4 is 17.5 Å². The standard InChI is InChI=1S/C32H60OS/c1-5-6-7-8-9-10-11-12-15-18-21-24-30-25-22-19-16-13-14-17-20-23-26-31(30)29(3)32(34-4)27-28(2)33/h12,15,29-32H,5-11,13-14,16-27H2,1-4H3. The first-order chi connectivity index (χ1) is 16.6. The van der Waals surface area contributed by atoms with Crippen LogP contribution in [0.5, 0.6) is 0 Å². The van der Waals surface area contributed by atoms with Crippen LogP contribution in [-0.4, -0.2) is 17.3 Å². The molecule has 0 radical (unpaired) electrons. The molecule has 34 heavy (non-hydrogen) atoms. The molecule has 0 aromatic carbocycles. The van der Waals surface area contributed by atoms with E-state index in [4.69, 9.17) is 0 Å². The molecule has 0 spiro atoms. The van der Waals surface area contributed by atoms with Gasteiger partial charge in [-0.05, 0) is 69.5 Å². The zero-order chi connectivity index (χ0) is 24.9. The average molecular weight is 493 g/mol. The normalized spacial score (nSPS) is 22.7. The summed E-state index contributed by atoms with van der Waals surface area (Å²) in [5, 5.41) is 0.495. The molecule has 0 aromatic heterocycles. The summed E-state index contributed by atoms with van der Waals surface area (Å²) < 4.78 is 0. The van der Waals surface area contributed by atoms with Crippen LogP contribution >= 0.6 is 11.8 Å². The molecule has 1 saturated carbocycles. The number of Topliss-reactive ketones (excluding diaryl/α,β-unsaturated/α-hetero) is 1. The van der Waals surface area contributed by atoms with Crippen LogP contribution in [0, 0.1) is 17.8 Å². The lowest BCUT2D eigenvalue weighted by atomic mass is 9.72. The lowest BCUT2D eigenvalue weighted by Crippen LogP contribution is -2.30. The molecule has 1 fully saturated rings. The van der Waals surface area contributed by atoms with E-state index < -0.39 is 0 Å². The van der Waals surface area contributed by atoms with Gasteiger partial charge in [0.2, 0.25) is 0 Å². The smallest absolute Gasteiger partial charge is 0.130 e. The Morgan fingerprint density at radius 2 is 1.38 bits per heavy atom. The van der Waals surface area contributed by atoms with Crippen molar-refractivity contribution < 1.29 is 4.79 Å². The molecule has 4 atom stereocenters. The topological polar surface area (TPSA) is 17.1 Å². The molecule has 1 aliphatic carbocycles. The van der Waals surface area contributed by atoms with Crippen molar-refractivity contribution in [3.63, 3.8) is 0 Å². The second kappa shape index (κ2) is 22.0. The number of hydrogen-bond acceptors (Lipinski definition) is 2. The van der Waals surface area contributed by atoms with Crippen LogP contribution in [0.25, 0.3) is 0 Å². The van der Waals surface area contributed by atoms with Crippen molar-refractivity contribution in [2.45, 2.75) is 161 Å². The number of carbonyl (C=O) groups excluding carboxylic acids is 1. The Kier molecular flexibility index (Phi) is 20.6. The summed E-state index contributed by atoms with van der Waals surface area (Å²) in [6.45, 7) is 6.56. The van der Waals surface area contributed by atoms with E-state index in [1.165, 1.54) is 128 Å². The van der Waals surface area contributed by atoms with Crippen molar-refractivity contribution in [2.24, 2.45) is 17.8 Å². The monoisotopic (exact) mass is 492 g/mol. The third kappa shape index (κ3) is 15.7. The van der Waals surface area contributed by atoms with Crippen molar-refractivity contribution in [3.8, 4) is 0 Å². The van der Waals surface area contributed by atoms with Crippen LogP contribution in [-0.2, 0) is 4.79 Å².